The van der Waals surface area contributed by atoms with E-state index in [1.54, 1.807) is 0 Å². The van der Waals surface area contributed by atoms with Crippen molar-refractivity contribution in [1.29, 1.82) is 5.26 Å². The van der Waals surface area contributed by atoms with Gasteiger partial charge in [0.2, 0.25) is 5.91 Å². The van der Waals surface area contributed by atoms with Gasteiger partial charge in [0.1, 0.15) is 0 Å². The van der Waals surface area contributed by atoms with Crippen LogP contribution in [0.25, 0.3) is 0 Å². The first kappa shape index (κ1) is 12.4. The van der Waals surface area contributed by atoms with Crippen LogP contribution in [0.3, 0.4) is 0 Å². The number of hydrogen-bond acceptors (Lipinski definition) is 3. The Bertz CT molecular complexity index is 323. The van der Waals surface area contributed by atoms with Gasteiger partial charge in [0.15, 0.2) is 0 Å². The van der Waals surface area contributed by atoms with E-state index in [0.717, 1.165) is 26.1 Å². The molecular formula is C13H21N3O. The standard InChI is InChI=1S/C13H21N3O/c1-2-3-5-15-6-4-12(10-15)16-9-11(8-14)7-13(16)17/h11-12H,2-7,9-10H2,1H3. The van der Waals surface area contributed by atoms with Crippen LogP contribution in [-0.2, 0) is 4.79 Å². The molecule has 0 aromatic carbocycles. The lowest BCUT2D eigenvalue weighted by molar-refractivity contribution is -0.129. The largest absolute Gasteiger partial charge is 0.337 e. The Morgan fingerprint density at radius 1 is 1.47 bits per heavy atom. The molecule has 2 fully saturated rings. The third kappa shape index (κ3) is 2.78. The van der Waals surface area contributed by atoms with Crippen molar-refractivity contribution in [3.8, 4) is 6.07 Å². The number of rotatable bonds is 4. The molecule has 2 aliphatic heterocycles. The summed E-state index contributed by atoms with van der Waals surface area (Å²) in [5.41, 5.74) is 0. The van der Waals surface area contributed by atoms with Crippen LogP contribution >= 0.6 is 0 Å². The summed E-state index contributed by atoms with van der Waals surface area (Å²) in [5.74, 6) is 0.103. The molecule has 2 rings (SSSR count). The van der Waals surface area contributed by atoms with Crippen molar-refractivity contribution in [2.24, 2.45) is 5.92 Å². The highest BCUT2D eigenvalue weighted by atomic mass is 16.2. The quantitative estimate of drug-likeness (QED) is 0.736. The minimum Gasteiger partial charge on any atom is -0.337 e. The summed E-state index contributed by atoms with van der Waals surface area (Å²) >= 11 is 0. The van der Waals surface area contributed by atoms with Gasteiger partial charge in [0, 0.05) is 32.1 Å². The van der Waals surface area contributed by atoms with Crippen molar-refractivity contribution in [2.45, 2.75) is 38.6 Å². The average Bonchev–Trinajstić information content (AvgIpc) is 2.92. The summed E-state index contributed by atoms with van der Waals surface area (Å²) in [6, 6.07) is 2.58. The summed E-state index contributed by atoms with van der Waals surface area (Å²) in [5, 5.41) is 8.87. The third-order valence-electron chi connectivity index (χ3n) is 3.86. The predicted molar refractivity (Wildman–Crippen MR) is 65.2 cm³/mol. The Morgan fingerprint density at radius 2 is 2.29 bits per heavy atom. The van der Waals surface area contributed by atoms with Gasteiger partial charge in [-0.15, -0.1) is 0 Å². The molecule has 0 aromatic rings. The predicted octanol–water partition coefficient (Wildman–Crippen LogP) is 1.23. The molecule has 0 aromatic heterocycles. The zero-order valence-electron chi connectivity index (χ0n) is 10.6. The summed E-state index contributed by atoms with van der Waals surface area (Å²) in [4.78, 5) is 16.2. The van der Waals surface area contributed by atoms with Crippen LogP contribution in [0.4, 0.5) is 0 Å². The Morgan fingerprint density at radius 3 is 2.94 bits per heavy atom. The SMILES string of the molecule is CCCCN1CCC(N2CC(C#N)CC2=O)C1. The van der Waals surface area contributed by atoms with Crippen LogP contribution in [0.5, 0.6) is 0 Å². The molecule has 0 saturated carbocycles. The molecule has 0 radical (unpaired) electrons. The number of carbonyl (C=O) groups excluding carboxylic acids is 1. The fourth-order valence-electron chi connectivity index (χ4n) is 2.82. The van der Waals surface area contributed by atoms with Gasteiger partial charge in [0.05, 0.1) is 12.0 Å². The zero-order valence-corrected chi connectivity index (χ0v) is 10.6. The second-order valence-corrected chi connectivity index (χ2v) is 5.17. The van der Waals surface area contributed by atoms with Gasteiger partial charge in [-0.05, 0) is 19.4 Å². The van der Waals surface area contributed by atoms with Gasteiger partial charge in [0.25, 0.3) is 0 Å². The van der Waals surface area contributed by atoms with Crippen molar-refractivity contribution in [2.75, 3.05) is 26.2 Å². The maximum absolute atomic E-state index is 11.8. The normalized spacial score (nSPS) is 29.9. The van der Waals surface area contributed by atoms with E-state index in [2.05, 4.69) is 17.9 Å². The monoisotopic (exact) mass is 235 g/mol. The lowest BCUT2D eigenvalue weighted by Gasteiger charge is -2.24. The fourth-order valence-corrected chi connectivity index (χ4v) is 2.82. The molecule has 0 N–H and O–H groups in total. The second-order valence-electron chi connectivity index (χ2n) is 5.17. The summed E-state index contributed by atoms with van der Waals surface area (Å²) < 4.78 is 0. The Hall–Kier alpha value is -1.08. The number of nitriles is 1. The molecule has 1 amide bonds. The number of amides is 1. The van der Waals surface area contributed by atoms with Crippen molar-refractivity contribution in [3.63, 3.8) is 0 Å². The second kappa shape index (κ2) is 5.50. The first-order valence-corrected chi connectivity index (χ1v) is 6.66. The molecular weight excluding hydrogens is 214 g/mol. The topological polar surface area (TPSA) is 47.3 Å². The van der Waals surface area contributed by atoms with Crippen LogP contribution in [0.15, 0.2) is 0 Å². The maximum atomic E-state index is 11.8. The van der Waals surface area contributed by atoms with Gasteiger partial charge in [-0.1, -0.05) is 13.3 Å². The Balaban J connectivity index is 1.84. The number of nitrogens with zero attached hydrogens (tertiary/aromatic N) is 3. The fraction of sp³-hybridized carbons (Fsp3) is 0.846. The molecule has 4 heteroatoms. The molecule has 0 bridgehead atoms. The van der Waals surface area contributed by atoms with E-state index in [-0.39, 0.29) is 11.8 Å². The molecule has 4 nitrogen and oxygen atoms in total. The minimum absolute atomic E-state index is 0.0767. The molecule has 0 aliphatic carbocycles. The van der Waals surface area contributed by atoms with Crippen molar-refractivity contribution >= 4 is 5.91 Å². The third-order valence-corrected chi connectivity index (χ3v) is 3.86. The lowest BCUT2D eigenvalue weighted by atomic mass is 10.1. The van der Waals surface area contributed by atoms with Crippen LogP contribution in [-0.4, -0.2) is 47.9 Å². The van der Waals surface area contributed by atoms with Gasteiger partial charge < -0.3 is 9.80 Å². The van der Waals surface area contributed by atoms with Crippen molar-refractivity contribution < 1.29 is 4.79 Å². The Kier molecular flexibility index (Phi) is 4.01. The van der Waals surface area contributed by atoms with Gasteiger partial charge >= 0.3 is 0 Å². The number of hydrogen-bond donors (Lipinski definition) is 0. The molecule has 2 saturated heterocycles. The Labute approximate surface area is 103 Å². The smallest absolute Gasteiger partial charge is 0.224 e. The molecule has 2 unspecified atom stereocenters. The molecule has 94 valence electrons. The first-order valence-electron chi connectivity index (χ1n) is 6.66. The van der Waals surface area contributed by atoms with E-state index >= 15 is 0 Å². The highest BCUT2D eigenvalue weighted by Gasteiger charge is 2.37. The minimum atomic E-state index is -0.0767. The van der Waals surface area contributed by atoms with Crippen molar-refractivity contribution in [1.82, 2.24) is 9.80 Å². The number of carbonyl (C=O) groups is 1. The summed E-state index contributed by atoms with van der Waals surface area (Å²) in [7, 11) is 0. The van der Waals surface area contributed by atoms with E-state index < -0.39 is 0 Å². The number of likely N-dealkylation sites (tertiary alicyclic amines) is 2. The van der Waals surface area contributed by atoms with E-state index in [1.165, 1.54) is 12.8 Å². The highest BCUT2D eigenvalue weighted by Crippen LogP contribution is 2.24. The molecule has 2 aliphatic rings. The highest BCUT2D eigenvalue weighted by molar-refractivity contribution is 5.79. The summed E-state index contributed by atoms with van der Waals surface area (Å²) in [6.45, 7) is 6.11. The van der Waals surface area contributed by atoms with Gasteiger partial charge in [-0.3, -0.25) is 4.79 Å². The van der Waals surface area contributed by atoms with Crippen molar-refractivity contribution in [3.05, 3.63) is 0 Å². The molecule has 2 atom stereocenters. The van der Waals surface area contributed by atoms with E-state index in [1.807, 2.05) is 4.90 Å². The van der Waals surface area contributed by atoms with E-state index in [0.29, 0.717) is 19.0 Å². The zero-order chi connectivity index (χ0) is 12.3. The van der Waals surface area contributed by atoms with E-state index in [4.69, 9.17) is 5.26 Å². The van der Waals surface area contributed by atoms with Crippen LogP contribution in [0.1, 0.15) is 32.6 Å². The molecule has 0 spiro atoms. The number of unbranched alkanes of at least 4 members (excludes halogenated alkanes) is 1. The average molecular weight is 235 g/mol. The van der Waals surface area contributed by atoms with Gasteiger partial charge in [-0.25, -0.2) is 0 Å². The van der Waals surface area contributed by atoms with Crippen LogP contribution in [0, 0.1) is 17.2 Å². The maximum Gasteiger partial charge on any atom is 0.224 e. The van der Waals surface area contributed by atoms with Crippen LogP contribution < -0.4 is 0 Å². The summed E-state index contributed by atoms with van der Waals surface area (Å²) in [6.07, 6.45) is 3.97. The van der Waals surface area contributed by atoms with Gasteiger partial charge in [-0.2, -0.15) is 5.26 Å². The molecule has 2 heterocycles. The van der Waals surface area contributed by atoms with E-state index in [9.17, 15) is 4.79 Å². The first-order chi connectivity index (χ1) is 8.24. The lowest BCUT2D eigenvalue weighted by Crippen LogP contribution is -2.38. The molecule has 17 heavy (non-hydrogen) atoms. The van der Waals surface area contributed by atoms with Crippen LogP contribution in [0.2, 0.25) is 0 Å².